The van der Waals surface area contributed by atoms with Crippen LogP contribution in [-0.2, 0) is 4.79 Å². The van der Waals surface area contributed by atoms with E-state index >= 15 is 0 Å². The molecule has 6 nitrogen and oxygen atoms in total. The Morgan fingerprint density at radius 1 is 1.13 bits per heavy atom. The second-order valence-corrected chi connectivity index (χ2v) is 7.40. The Labute approximate surface area is 175 Å². The number of hydrogen-bond acceptors (Lipinski definition) is 5. The van der Waals surface area contributed by atoms with E-state index in [0.29, 0.717) is 4.91 Å². The maximum absolute atomic E-state index is 12.5. The number of thioether (sulfide) groups is 1. The van der Waals surface area contributed by atoms with E-state index in [1.165, 1.54) is 24.3 Å². The van der Waals surface area contributed by atoms with E-state index in [2.05, 4.69) is 10.1 Å². The standard InChI is InChI=1S/C21H18F2N2O4S/c1-13-2-4-14(5-3-13)12-17-19(27)25(21(28)30-17)11-10-24-18(26)15-6-8-16(9-7-15)29-20(22)23/h2-9,12,20H,10-11H2,1H3,(H,24,26). The van der Waals surface area contributed by atoms with E-state index in [9.17, 15) is 23.2 Å². The maximum Gasteiger partial charge on any atom is 0.387 e. The van der Waals surface area contributed by atoms with Crippen molar-refractivity contribution in [2.45, 2.75) is 13.5 Å². The van der Waals surface area contributed by atoms with Gasteiger partial charge in [-0.25, -0.2) is 0 Å². The summed E-state index contributed by atoms with van der Waals surface area (Å²) >= 11 is 0.853. The summed E-state index contributed by atoms with van der Waals surface area (Å²) in [6.07, 6.45) is 1.66. The zero-order valence-corrected chi connectivity index (χ0v) is 16.7. The summed E-state index contributed by atoms with van der Waals surface area (Å²) in [7, 11) is 0. The first kappa shape index (κ1) is 21.5. The minimum atomic E-state index is -2.94. The second-order valence-electron chi connectivity index (χ2n) is 6.40. The van der Waals surface area contributed by atoms with Gasteiger partial charge in [0, 0.05) is 18.7 Å². The molecule has 0 aromatic heterocycles. The van der Waals surface area contributed by atoms with Crippen LogP contribution in [0.3, 0.4) is 0 Å². The number of rotatable bonds is 7. The number of imide groups is 1. The normalized spacial score (nSPS) is 15.2. The number of alkyl halides is 2. The predicted molar refractivity (Wildman–Crippen MR) is 109 cm³/mol. The number of nitrogens with one attached hydrogen (secondary N) is 1. The van der Waals surface area contributed by atoms with Gasteiger partial charge in [0.25, 0.3) is 17.1 Å². The Morgan fingerprint density at radius 3 is 2.43 bits per heavy atom. The highest BCUT2D eigenvalue weighted by Gasteiger charge is 2.34. The van der Waals surface area contributed by atoms with Crippen molar-refractivity contribution in [1.29, 1.82) is 0 Å². The Kier molecular flexibility index (Phi) is 6.83. The average molecular weight is 432 g/mol. The summed E-state index contributed by atoms with van der Waals surface area (Å²) in [6, 6.07) is 12.8. The Hall–Kier alpha value is -3.20. The van der Waals surface area contributed by atoms with Gasteiger partial charge in [-0.15, -0.1) is 0 Å². The van der Waals surface area contributed by atoms with E-state index in [1.54, 1.807) is 6.08 Å². The van der Waals surface area contributed by atoms with Crippen LogP contribution in [-0.4, -0.2) is 41.7 Å². The van der Waals surface area contributed by atoms with Crippen LogP contribution in [0.5, 0.6) is 5.75 Å². The highest BCUT2D eigenvalue weighted by molar-refractivity contribution is 8.18. The molecule has 0 spiro atoms. The molecule has 3 rings (SSSR count). The van der Waals surface area contributed by atoms with Crippen molar-refractivity contribution in [3.63, 3.8) is 0 Å². The fraction of sp³-hybridized carbons (Fsp3) is 0.190. The summed E-state index contributed by atoms with van der Waals surface area (Å²) in [4.78, 5) is 38.2. The van der Waals surface area contributed by atoms with Gasteiger partial charge in [0.05, 0.1) is 4.91 Å². The van der Waals surface area contributed by atoms with Gasteiger partial charge in [-0.05, 0) is 54.6 Å². The zero-order chi connectivity index (χ0) is 21.7. The number of aryl methyl sites for hydroxylation is 1. The molecule has 30 heavy (non-hydrogen) atoms. The van der Waals surface area contributed by atoms with Crippen LogP contribution >= 0.6 is 11.8 Å². The quantitative estimate of drug-likeness (QED) is 0.668. The number of amides is 3. The molecule has 156 valence electrons. The summed E-state index contributed by atoms with van der Waals surface area (Å²) in [6.45, 7) is -0.904. The summed E-state index contributed by atoms with van der Waals surface area (Å²) < 4.78 is 28.5. The minimum absolute atomic E-state index is 0.0220. The number of benzene rings is 2. The molecule has 0 bridgehead atoms. The third-order valence-corrected chi connectivity index (χ3v) is 5.12. The summed E-state index contributed by atoms with van der Waals surface area (Å²) in [5, 5.41) is 2.19. The first-order chi connectivity index (χ1) is 14.3. The van der Waals surface area contributed by atoms with Crippen molar-refractivity contribution < 1.29 is 27.9 Å². The molecule has 2 aromatic rings. The molecule has 0 aliphatic carbocycles. The van der Waals surface area contributed by atoms with E-state index < -0.39 is 23.7 Å². The molecule has 1 heterocycles. The van der Waals surface area contributed by atoms with Gasteiger partial charge in [-0.1, -0.05) is 29.8 Å². The molecule has 3 amide bonds. The van der Waals surface area contributed by atoms with Gasteiger partial charge in [-0.3, -0.25) is 19.3 Å². The Morgan fingerprint density at radius 2 is 1.80 bits per heavy atom. The highest BCUT2D eigenvalue weighted by atomic mass is 32.2. The van der Waals surface area contributed by atoms with Gasteiger partial charge in [0.15, 0.2) is 0 Å². The number of carbonyl (C=O) groups excluding carboxylic acids is 3. The van der Waals surface area contributed by atoms with Crippen LogP contribution in [0.1, 0.15) is 21.5 Å². The molecule has 2 aromatic carbocycles. The highest BCUT2D eigenvalue weighted by Crippen LogP contribution is 2.31. The average Bonchev–Trinajstić information content (AvgIpc) is 2.97. The third-order valence-electron chi connectivity index (χ3n) is 4.21. The van der Waals surface area contributed by atoms with Crippen molar-refractivity contribution in [3.05, 3.63) is 70.1 Å². The molecule has 1 aliphatic heterocycles. The predicted octanol–water partition coefficient (Wildman–Crippen LogP) is 4.06. The molecule has 0 saturated carbocycles. The molecule has 0 atom stereocenters. The molecule has 0 unspecified atom stereocenters. The molecule has 0 radical (unpaired) electrons. The SMILES string of the molecule is Cc1ccc(C=C2SC(=O)N(CCNC(=O)c3ccc(OC(F)F)cc3)C2=O)cc1. The second kappa shape index (κ2) is 9.53. The molecule has 9 heteroatoms. The van der Waals surface area contributed by atoms with Crippen molar-refractivity contribution in [1.82, 2.24) is 10.2 Å². The number of carbonyl (C=O) groups is 3. The largest absolute Gasteiger partial charge is 0.435 e. The number of halogens is 2. The monoisotopic (exact) mass is 432 g/mol. The lowest BCUT2D eigenvalue weighted by atomic mass is 10.1. The number of nitrogens with zero attached hydrogens (tertiary/aromatic N) is 1. The van der Waals surface area contributed by atoms with Gasteiger partial charge in [0.1, 0.15) is 5.75 Å². The smallest absolute Gasteiger partial charge is 0.387 e. The molecular weight excluding hydrogens is 414 g/mol. The maximum atomic E-state index is 12.5. The molecule has 1 saturated heterocycles. The van der Waals surface area contributed by atoms with Crippen molar-refractivity contribution in [2.75, 3.05) is 13.1 Å². The van der Waals surface area contributed by atoms with Crippen LogP contribution in [0.25, 0.3) is 6.08 Å². The molecule has 1 N–H and O–H groups in total. The van der Waals surface area contributed by atoms with E-state index in [0.717, 1.165) is 27.8 Å². The fourth-order valence-electron chi connectivity index (χ4n) is 2.68. The van der Waals surface area contributed by atoms with Crippen LogP contribution < -0.4 is 10.1 Å². The van der Waals surface area contributed by atoms with E-state index in [1.807, 2.05) is 31.2 Å². The Bertz CT molecular complexity index is 976. The topological polar surface area (TPSA) is 75.7 Å². The van der Waals surface area contributed by atoms with Gasteiger partial charge < -0.3 is 10.1 Å². The summed E-state index contributed by atoms with van der Waals surface area (Å²) in [5.74, 6) is -0.922. The van der Waals surface area contributed by atoms with Crippen molar-refractivity contribution >= 4 is 34.9 Å². The first-order valence-corrected chi connectivity index (χ1v) is 9.80. The molecule has 1 fully saturated rings. The molecule has 1 aliphatic rings. The fourth-order valence-corrected chi connectivity index (χ4v) is 3.54. The zero-order valence-electron chi connectivity index (χ0n) is 15.9. The van der Waals surface area contributed by atoms with Gasteiger partial charge >= 0.3 is 6.61 Å². The van der Waals surface area contributed by atoms with Crippen molar-refractivity contribution in [3.8, 4) is 5.75 Å². The van der Waals surface area contributed by atoms with Crippen LogP contribution in [0.2, 0.25) is 0 Å². The number of hydrogen-bond donors (Lipinski definition) is 1. The minimum Gasteiger partial charge on any atom is -0.435 e. The lowest BCUT2D eigenvalue weighted by molar-refractivity contribution is -0.122. The lowest BCUT2D eigenvalue weighted by Crippen LogP contribution is -2.37. The van der Waals surface area contributed by atoms with Crippen LogP contribution in [0.15, 0.2) is 53.4 Å². The van der Waals surface area contributed by atoms with Crippen molar-refractivity contribution in [2.24, 2.45) is 0 Å². The van der Waals surface area contributed by atoms with E-state index in [-0.39, 0.29) is 24.4 Å². The Balaban J connectivity index is 1.54. The molecular formula is C21H18F2N2O4S. The van der Waals surface area contributed by atoms with Crippen LogP contribution in [0.4, 0.5) is 13.6 Å². The van der Waals surface area contributed by atoms with Crippen LogP contribution in [0, 0.1) is 6.92 Å². The lowest BCUT2D eigenvalue weighted by Gasteiger charge is -2.13. The van der Waals surface area contributed by atoms with E-state index in [4.69, 9.17) is 0 Å². The number of ether oxygens (including phenoxy) is 1. The first-order valence-electron chi connectivity index (χ1n) is 8.98. The third kappa shape index (κ3) is 5.44. The van der Waals surface area contributed by atoms with Gasteiger partial charge in [-0.2, -0.15) is 8.78 Å². The summed E-state index contributed by atoms with van der Waals surface area (Å²) in [5.41, 5.74) is 2.15. The van der Waals surface area contributed by atoms with Gasteiger partial charge in [0.2, 0.25) is 0 Å².